The van der Waals surface area contributed by atoms with Gasteiger partial charge in [-0.25, -0.2) is 4.39 Å². The first-order valence-electron chi connectivity index (χ1n) is 5.62. The van der Waals surface area contributed by atoms with Crippen molar-refractivity contribution >= 4 is 27.3 Å². The monoisotopic (exact) mass is 318 g/mol. The Morgan fingerprint density at radius 2 is 1.74 bits per heavy atom. The highest BCUT2D eigenvalue weighted by Gasteiger charge is 2.30. The Labute approximate surface area is 117 Å². The van der Waals surface area contributed by atoms with Crippen molar-refractivity contribution < 1.29 is 14.3 Å². The molecule has 4 heteroatoms. The highest BCUT2D eigenvalue weighted by molar-refractivity contribution is 9.12. The smallest absolute Gasteiger partial charge is 0.201 e. The molecule has 1 aliphatic rings. The first-order valence-corrected chi connectivity index (χ1v) is 6.41. The van der Waals surface area contributed by atoms with Gasteiger partial charge in [-0.05, 0) is 45.8 Å². The summed E-state index contributed by atoms with van der Waals surface area (Å²) in [5.41, 5.74) is 1.90. The molecule has 0 amide bonds. The first kappa shape index (κ1) is 12.1. The standard InChI is InChI=1S/C15H8BrFO2/c16-14-13(10-3-1-2-4-12(10)17)9-6-5-8(18)7-11(9)15(14)19/h1-7,18H. The zero-order chi connectivity index (χ0) is 13.6. The van der Waals surface area contributed by atoms with E-state index in [-0.39, 0.29) is 17.3 Å². The maximum atomic E-state index is 13.9. The number of phenols is 1. The summed E-state index contributed by atoms with van der Waals surface area (Å²) in [5.74, 6) is -0.616. The number of rotatable bonds is 1. The van der Waals surface area contributed by atoms with Gasteiger partial charge in [-0.3, -0.25) is 4.79 Å². The molecule has 2 nitrogen and oxygen atoms in total. The third kappa shape index (κ3) is 1.79. The normalized spacial score (nSPS) is 13.9. The Morgan fingerprint density at radius 3 is 2.47 bits per heavy atom. The first-order chi connectivity index (χ1) is 9.09. The Bertz CT molecular complexity index is 735. The topological polar surface area (TPSA) is 37.3 Å². The third-order valence-corrected chi connectivity index (χ3v) is 3.84. The predicted octanol–water partition coefficient (Wildman–Crippen LogP) is 3.88. The van der Waals surface area contributed by atoms with Gasteiger partial charge in [-0.15, -0.1) is 0 Å². The maximum absolute atomic E-state index is 13.9. The van der Waals surface area contributed by atoms with E-state index in [2.05, 4.69) is 15.9 Å². The molecule has 2 aromatic rings. The SMILES string of the molecule is O=C1C(Br)=C(c2ccccc2F)c2ccc(O)cc21. The van der Waals surface area contributed by atoms with E-state index in [0.29, 0.717) is 26.7 Å². The molecule has 94 valence electrons. The molecule has 0 aliphatic heterocycles. The molecule has 0 radical (unpaired) electrons. The van der Waals surface area contributed by atoms with Crippen LogP contribution in [0.1, 0.15) is 21.5 Å². The van der Waals surface area contributed by atoms with E-state index in [1.54, 1.807) is 24.3 Å². The van der Waals surface area contributed by atoms with Gasteiger partial charge >= 0.3 is 0 Å². The maximum Gasteiger partial charge on any atom is 0.201 e. The quantitative estimate of drug-likeness (QED) is 0.866. The Kier molecular flexibility index (Phi) is 2.75. The summed E-state index contributed by atoms with van der Waals surface area (Å²) in [6, 6.07) is 10.8. The number of benzene rings is 2. The van der Waals surface area contributed by atoms with Crippen LogP contribution in [0, 0.1) is 5.82 Å². The van der Waals surface area contributed by atoms with Crippen LogP contribution in [-0.4, -0.2) is 10.9 Å². The summed E-state index contributed by atoms with van der Waals surface area (Å²) < 4.78 is 14.2. The number of phenolic OH excluding ortho intramolecular Hbond substituents is 1. The molecule has 0 bridgehead atoms. The van der Waals surface area contributed by atoms with E-state index in [0.717, 1.165) is 0 Å². The highest BCUT2D eigenvalue weighted by atomic mass is 79.9. The van der Waals surface area contributed by atoms with Gasteiger partial charge in [0.2, 0.25) is 5.78 Å². The van der Waals surface area contributed by atoms with Crippen LogP contribution >= 0.6 is 15.9 Å². The number of hydrogen-bond acceptors (Lipinski definition) is 2. The molecule has 0 saturated carbocycles. The van der Waals surface area contributed by atoms with Crippen molar-refractivity contribution in [2.75, 3.05) is 0 Å². The fourth-order valence-electron chi connectivity index (χ4n) is 2.22. The van der Waals surface area contributed by atoms with Gasteiger partial charge in [0.15, 0.2) is 0 Å². The lowest BCUT2D eigenvalue weighted by Crippen LogP contribution is -1.93. The molecule has 2 aromatic carbocycles. The molecule has 1 aliphatic carbocycles. The zero-order valence-electron chi connectivity index (χ0n) is 9.65. The van der Waals surface area contributed by atoms with Crippen molar-refractivity contribution in [3.05, 3.63) is 69.5 Å². The number of halogens is 2. The number of aromatic hydroxyl groups is 1. The largest absolute Gasteiger partial charge is 0.508 e. The minimum absolute atomic E-state index is 0.0159. The molecule has 0 fully saturated rings. The average Bonchev–Trinajstić information content (AvgIpc) is 2.64. The number of fused-ring (bicyclic) bond motifs is 1. The van der Waals surface area contributed by atoms with Gasteiger partial charge in [0, 0.05) is 16.7 Å². The van der Waals surface area contributed by atoms with E-state index in [4.69, 9.17) is 0 Å². The van der Waals surface area contributed by atoms with Crippen LogP contribution in [0.5, 0.6) is 5.75 Å². The van der Waals surface area contributed by atoms with E-state index in [9.17, 15) is 14.3 Å². The van der Waals surface area contributed by atoms with Crippen molar-refractivity contribution in [2.24, 2.45) is 0 Å². The van der Waals surface area contributed by atoms with Gasteiger partial charge in [0.05, 0.1) is 4.48 Å². The summed E-state index contributed by atoms with van der Waals surface area (Å²) >= 11 is 3.23. The molecule has 19 heavy (non-hydrogen) atoms. The molecule has 0 unspecified atom stereocenters. The summed E-state index contributed by atoms with van der Waals surface area (Å²) in [5, 5.41) is 9.45. The lowest BCUT2D eigenvalue weighted by atomic mass is 9.98. The van der Waals surface area contributed by atoms with Gasteiger partial charge < -0.3 is 5.11 Å². The molecule has 0 atom stereocenters. The number of hydrogen-bond donors (Lipinski definition) is 1. The van der Waals surface area contributed by atoms with E-state index >= 15 is 0 Å². The van der Waals surface area contributed by atoms with Crippen molar-refractivity contribution in [2.45, 2.75) is 0 Å². The third-order valence-electron chi connectivity index (χ3n) is 3.08. The van der Waals surface area contributed by atoms with Gasteiger partial charge in [0.25, 0.3) is 0 Å². The highest BCUT2D eigenvalue weighted by Crippen LogP contribution is 2.41. The minimum atomic E-state index is -0.386. The molecule has 0 spiro atoms. The summed E-state index contributed by atoms with van der Waals surface area (Å²) in [4.78, 5) is 12.1. The number of allylic oxidation sites excluding steroid dienone is 1. The molecule has 0 heterocycles. The van der Waals surface area contributed by atoms with Crippen LogP contribution in [0.3, 0.4) is 0 Å². The molecular weight excluding hydrogens is 311 g/mol. The molecule has 3 rings (SSSR count). The van der Waals surface area contributed by atoms with Crippen LogP contribution in [0.4, 0.5) is 4.39 Å². The molecule has 0 saturated heterocycles. The summed E-state index contributed by atoms with van der Waals surface area (Å²) in [6.45, 7) is 0. The van der Waals surface area contributed by atoms with Crippen molar-refractivity contribution in [3.63, 3.8) is 0 Å². The van der Waals surface area contributed by atoms with Crippen LogP contribution in [0.15, 0.2) is 46.9 Å². The van der Waals surface area contributed by atoms with Crippen LogP contribution in [0.2, 0.25) is 0 Å². The second kappa shape index (κ2) is 4.31. The molecular formula is C15H8BrFO2. The van der Waals surface area contributed by atoms with Gasteiger partial charge in [0.1, 0.15) is 11.6 Å². The average molecular weight is 319 g/mol. The second-order valence-corrected chi connectivity index (χ2v) is 5.02. The van der Waals surface area contributed by atoms with Crippen molar-refractivity contribution in [1.82, 2.24) is 0 Å². The van der Waals surface area contributed by atoms with Crippen LogP contribution in [-0.2, 0) is 0 Å². The zero-order valence-corrected chi connectivity index (χ0v) is 11.2. The summed E-state index contributed by atoms with van der Waals surface area (Å²) in [7, 11) is 0. The van der Waals surface area contributed by atoms with Gasteiger partial charge in [-0.1, -0.05) is 18.2 Å². The lowest BCUT2D eigenvalue weighted by Gasteiger charge is -2.07. The fourth-order valence-corrected chi connectivity index (χ4v) is 2.86. The van der Waals surface area contributed by atoms with E-state index < -0.39 is 0 Å². The number of carbonyl (C=O) groups excluding carboxylic acids is 1. The Hall–Kier alpha value is -1.94. The van der Waals surface area contributed by atoms with E-state index in [1.807, 2.05) is 0 Å². The molecule has 0 aromatic heterocycles. The van der Waals surface area contributed by atoms with Crippen molar-refractivity contribution in [3.8, 4) is 5.75 Å². The molecule has 1 N–H and O–H groups in total. The van der Waals surface area contributed by atoms with Crippen LogP contribution < -0.4 is 0 Å². The van der Waals surface area contributed by atoms with Crippen molar-refractivity contribution in [1.29, 1.82) is 0 Å². The Morgan fingerprint density at radius 1 is 1.00 bits per heavy atom. The van der Waals surface area contributed by atoms with Crippen LogP contribution in [0.25, 0.3) is 5.57 Å². The van der Waals surface area contributed by atoms with Gasteiger partial charge in [-0.2, -0.15) is 0 Å². The Balaban J connectivity index is 2.29. The summed E-state index contributed by atoms with van der Waals surface area (Å²) in [6.07, 6.45) is 0. The second-order valence-electron chi connectivity index (χ2n) is 4.23. The number of ketones is 1. The number of carbonyl (C=O) groups is 1. The van der Waals surface area contributed by atoms with E-state index in [1.165, 1.54) is 18.2 Å². The lowest BCUT2D eigenvalue weighted by molar-refractivity contribution is 0.104. The number of Topliss-reactive ketones (excluding diaryl/α,β-unsaturated/α-hetero) is 1. The predicted molar refractivity (Wildman–Crippen MR) is 73.8 cm³/mol. The fraction of sp³-hybridized carbons (Fsp3) is 0. The minimum Gasteiger partial charge on any atom is -0.508 e.